The highest BCUT2D eigenvalue weighted by Gasteiger charge is 2.06. The van der Waals surface area contributed by atoms with Gasteiger partial charge in [0.2, 0.25) is 0 Å². The molecule has 3 rings (SSSR count). The van der Waals surface area contributed by atoms with Gasteiger partial charge in [-0.15, -0.1) is 0 Å². The maximum Gasteiger partial charge on any atom is 0.255 e. The Hall–Kier alpha value is -3.34. The Kier molecular flexibility index (Phi) is 4.20. The van der Waals surface area contributed by atoms with Gasteiger partial charge in [-0.25, -0.2) is 0 Å². The lowest BCUT2D eigenvalue weighted by Gasteiger charge is -2.09. The summed E-state index contributed by atoms with van der Waals surface area (Å²) >= 11 is 0. The predicted octanol–water partition coefficient (Wildman–Crippen LogP) is 3.66. The van der Waals surface area contributed by atoms with Gasteiger partial charge in [-0.1, -0.05) is 6.07 Å². The van der Waals surface area contributed by atoms with Crippen LogP contribution < -0.4 is 16.4 Å². The molecule has 0 atom stereocenters. The molecule has 2 aromatic carbocycles. The average molecular weight is 304 g/mol. The molecule has 1 aromatic heterocycles. The first-order valence-electron chi connectivity index (χ1n) is 7.15. The van der Waals surface area contributed by atoms with Crippen LogP contribution in [0.1, 0.15) is 10.4 Å². The molecular formula is C18H16N4O. The van der Waals surface area contributed by atoms with Gasteiger partial charge in [0.25, 0.3) is 5.91 Å². The highest BCUT2D eigenvalue weighted by molar-refractivity contribution is 6.04. The molecule has 1 amide bonds. The number of nitrogens with zero attached hydrogens (tertiary/aromatic N) is 1. The Morgan fingerprint density at radius 1 is 0.870 bits per heavy atom. The zero-order valence-corrected chi connectivity index (χ0v) is 12.4. The average Bonchev–Trinajstić information content (AvgIpc) is 2.57. The van der Waals surface area contributed by atoms with Crippen molar-refractivity contribution in [3.63, 3.8) is 0 Å². The van der Waals surface area contributed by atoms with E-state index in [0.29, 0.717) is 11.3 Å². The summed E-state index contributed by atoms with van der Waals surface area (Å²) in [6.45, 7) is 0. The number of pyridine rings is 1. The second kappa shape index (κ2) is 6.62. The van der Waals surface area contributed by atoms with Crippen molar-refractivity contribution < 1.29 is 4.79 Å². The van der Waals surface area contributed by atoms with E-state index in [1.807, 2.05) is 36.4 Å². The normalized spacial score (nSPS) is 10.1. The molecular weight excluding hydrogens is 288 g/mol. The zero-order chi connectivity index (χ0) is 16.1. The number of rotatable bonds is 4. The van der Waals surface area contributed by atoms with Gasteiger partial charge in [0.1, 0.15) is 0 Å². The molecule has 1 heterocycles. The fourth-order valence-electron chi connectivity index (χ4n) is 2.12. The topological polar surface area (TPSA) is 80.0 Å². The number of carbonyl (C=O) groups is 1. The van der Waals surface area contributed by atoms with Crippen molar-refractivity contribution >= 4 is 28.7 Å². The van der Waals surface area contributed by atoms with E-state index in [1.165, 1.54) is 0 Å². The number of hydrogen-bond acceptors (Lipinski definition) is 4. The van der Waals surface area contributed by atoms with Gasteiger partial charge < -0.3 is 16.4 Å². The van der Waals surface area contributed by atoms with Gasteiger partial charge in [0, 0.05) is 40.7 Å². The third-order valence-corrected chi connectivity index (χ3v) is 3.26. The Balaban J connectivity index is 1.67. The third-order valence-electron chi connectivity index (χ3n) is 3.26. The van der Waals surface area contributed by atoms with E-state index in [9.17, 15) is 4.79 Å². The maximum absolute atomic E-state index is 12.2. The molecule has 0 aliphatic heterocycles. The van der Waals surface area contributed by atoms with Gasteiger partial charge in [0.15, 0.2) is 0 Å². The zero-order valence-electron chi connectivity index (χ0n) is 12.4. The van der Waals surface area contributed by atoms with Crippen LogP contribution in [-0.4, -0.2) is 10.9 Å². The molecule has 4 N–H and O–H groups in total. The van der Waals surface area contributed by atoms with E-state index in [2.05, 4.69) is 15.6 Å². The number of amides is 1. The molecule has 0 unspecified atom stereocenters. The van der Waals surface area contributed by atoms with Gasteiger partial charge >= 0.3 is 0 Å². The number of aromatic nitrogens is 1. The quantitative estimate of drug-likeness (QED) is 0.643. The SMILES string of the molecule is Nc1cccc(C(=O)Nc2ccc(Nc3ccncc3)cc2)c1. The van der Waals surface area contributed by atoms with E-state index < -0.39 is 0 Å². The van der Waals surface area contributed by atoms with Crippen LogP contribution in [0.15, 0.2) is 73.1 Å². The standard InChI is InChI=1S/C18H16N4O/c19-14-3-1-2-13(12-14)18(23)22-16-6-4-15(5-7-16)21-17-8-10-20-11-9-17/h1-12H,19H2,(H,20,21)(H,22,23). The van der Waals surface area contributed by atoms with E-state index in [-0.39, 0.29) is 5.91 Å². The molecule has 23 heavy (non-hydrogen) atoms. The molecule has 0 radical (unpaired) electrons. The molecule has 114 valence electrons. The van der Waals surface area contributed by atoms with Gasteiger partial charge in [-0.2, -0.15) is 0 Å². The number of carbonyl (C=O) groups excluding carboxylic acids is 1. The number of nitrogen functional groups attached to an aromatic ring is 1. The van der Waals surface area contributed by atoms with Crippen molar-refractivity contribution in [2.45, 2.75) is 0 Å². The fourth-order valence-corrected chi connectivity index (χ4v) is 2.12. The summed E-state index contributed by atoms with van der Waals surface area (Å²) in [7, 11) is 0. The number of nitrogens with one attached hydrogen (secondary N) is 2. The first kappa shape index (κ1) is 14.6. The summed E-state index contributed by atoms with van der Waals surface area (Å²) in [6, 6.07) is 18.1. The highest BCUT2D eigenvalue weighted by atomic mass is 16.1. The van der Waals surface area contributed by atoms with E-state index in [0.717, 1.165) is 17.1 Å². The minimum Gasteiger partial charge on any atom is -0.399 e. The second-order valence-corrected chi connectivity index (χ2v) is 5.02. The van der Waals surface area contributed by atoms with Crippen LogP contribution >= 0.6 is 0 Å². The predicted molar refractivity (Wildman–Crippen MR) is 92.8 cm³/mol. The van der Waals surface area contributed by atoms with E-state index >= 15 is 0 Å². The monoisotopic (exact) mass is 304 g/mol. The van der Waals surface area contributed by atoms with E-state index in [1.54, 1.807) is 36.7 Å². The molecule has 0 fully saturated rings. The molecule has 0 saturated heterocycles. The van der Waals surface area contributed by atoms with Crippen LogP contribution in [0.25, 0.3) is 0 Å². The first-order chi connectivity index (χ1) is 11.2. The summed E-state index contributed by atoms with van der Waals surface area (Å²) in [6.07, 6.45) is 3.45. The molecule has 5 heteroatoms. The lowest BCUT2D eigenvalue weighted by Crippen LogP contribution is -2.12. The number of anilines is 4. The summed E-state index contributed by atoms with van der Waals surface area (Å²) < 4.78 is 0. The molecule has 3 aromatic rings. The fraction of sp³-hybridized carbons (Fsp3) is 0. The van der Waals surface area contributed by atoms with Crippen LogP contribution in [-0.2, 0) is 0 Å². The second-order valence-electron chi connectivity index (χ2n) is 5.02. The molecule has 0 spiro atoms. The number of benzene rings is 2. The van der Waals surface area contributed by atoms with Gasteiger partial charge in [-0.3, -0.25) is 9.78 Å². The Morgan fingerprint density at radius 3 is 2.22 bits per heavy atom. The van der Waals surface area contributed by atoms with E-state index in [4.69, 9.17) is 5.73 Å². The molecule has 0 aliphatic rings. The maximum atomic E-state index is 12.2. The van der Waals surface area contributed by atoms with Crippen LogP contribution in [0.2, 0.25) is 0 Å². The summed E-state index contributed by atoms with van der Waals surface area (Å²) in [5.41, 5.74) is 9.39. The minimum absolute atomic E-state index is 0.188. The molecule has 0 bridgehead atoms. The Bertz CT molecular complexity index is 801. The van der Waals surface area contributed by atoms with Crippen molar-refractivity contribution in [2.24, 2.45) is 0 Å². The molecule has 0 saturated carbocycles. The van der Waals surface area contributed by atoms with Crippen LogP contribution in [0.4, 0.5) is 22.7 Å². The smallest absolute Gasteiger partial charge is 0.255 e. The van der Waals surface area contributed by atoms with Crippen LogP contribution in [0.5, 0.6) is 0 Å². The van der Waals surface area contributed by atoms with Crippen molar-refractivity contribution in [2.75, 3.05) is 16.4 Å². The number of hydrogen-bond donors (Lipinski definition) is 3. The largest absolute Gasteiger partial charge is 0.399 e. The van der Waals surface area contributed by atoms with Gasteiger partial charge in [0.05, 0.1) is 0 Å². The van der Waals surface area contributed by atoms with Gasteiger partial charge in [-0.05, 0) is 54.6 Å². The third kappa shape index (κ3) is 3.85. The van der Waals surface area contributed by atoms with Crippen molar-refractivity contribution in [3.8, 4) is 0 Å². The van der Waals surface area contributed by atoms with Crippen LogP contribution in [0.3, 0.4) is 0 Å². The van der Waals surface area contributed by atoms with Crippen molar-refractivity contribution in [1.29, 1.82) is 0 Å². The lowest BCUT2D eigenvalue weighted by molar-refractivity contribution is 0.102. The minimum atomic E-state index is -0.188. The molecule has 5 nitrogen and oxygen atoms in total. The Labute approximate surface area is 134 Å². The van der Waals surface area contributed by atoms with Crippen molar-refractivity contribution in [1.82, 2.24) is 4.98 Å². The van der Waals surface area contributed by atoms with Crippen LogP contribution in [0, 0.1) is 0 Å². The van der Waals surface area contributed by atoms with Crippen molar-refractivity contribution in [3.05, 3.63) is 78.6 Å². The summed E-state index contributed by atoms with van der Waals surface area (Å²) in [5, 5.41) is 6.10. The highest BCUT2D eigenvalue weighted by Crippen LogP contribution is 2.19. The molecule has 0 aliphatic carbocycles. The lowest BCUT2D eigenvalue weighted by atomic mass is 10.2. The summed E-state index contributed by atoms with van der Waals surface area (Å²) in [4.78, 5) is 16.1. The summed E-state index contributed by atoms with van der Waals surface area (Å²) in [5.74, 6) is -0.188. The first-order valence-corrected chi connectivity index (χ1v) is 7.15. The number of nitrogens with two attached hydrogens (primary N) is 1. The Morgan fingerprint density at radius 2 is 1.52 bits per heavy atom.